The molecule has 1 aliphatic heterocycles. The SMILES string of the molecule is CCC1NC(=O)CC(C)N(Cc2ccc(C)c(C)c2)C1=O. The number of hydrogen-bond donors (Lipinski definition) is 1. The highest BCUT2D eigenvalue weighted by molar-refractivity contribution is 5.90. The summed E-state index contributed by atoms with van der Waals surface area (Å²) in [5, 5.41) is 2.81. The molecule has 0 aromatic heterocycles. The summed E-state index contributed by atoms with van der Waals surface area (Å²) in [6.45, 7) is 8.58. The van der Waals surface area contributed by atoms with E-state index < -0.39 is 6.04 Å². The summed E-state index contributed by atoms with van der Waals surface area (Å²) in [6, 6.07) is 5.79. The Labute approximate surface area is 126 Å². The van der Waals surface area contributed by atoms with Crippen molar-refractivity contribution in [3.63, 3.8) is 0 Å². The minimum absolute atomic E-state index is 0.0223. The maximum atomic E-state index is 12.6. The number of benzene rings is 1. The van der Waals surface area contributed by atoms with E-state index in [9.17, 15) is 9.59 Å². The summed E-state index contributed by atoms with van der Waals surface area (Å²) >= 11 is 0. The van der Waals surface area contributed by atoms with Gasteiger partial charge in [-0.15, -0.1) is 0 Å². The lowest BCUT2D eigenvalue weighted by atomic mass is 10.0. The van der Waals surface area contributed by atoms with Crippen LogP contribution in [0.4, 0.5) is 0 Å². The molecule has 0 saturated carbocycles. The first kappa shape index (κ1) is 15.5. The van der Waals surface area contributed by atoms with E-state index in [0.717, 1.165) is 5.56 Å². The highest BCUT2D eigenvalue weighted by Crippen LogP contribution is 2.18. The van der Waals surface area contributed by atoms with Crippen LogP contribution in [0.25, 0.3) is 0 Å². The second kappa shape index (κ2) is 6.29. The van der Waals surface area contributed by atoms with Crippen molar-refractivity contribution >= 4 is 11.8 Å². The first-order chi connectivity index (χ1) is 9.92. The molecule has 0 bridgehead atoms. The van der Waals surface area contributed by atoms with E-state index in [1.165, 1.54) is 11.1 Å². The van der Waals surface area contributed by atoms with Crippen LogP contribution < -0.4 is 5.32 Å². The predicted octanol–water partition coefficient (Wildman–Crippen LogP) is 2.32. The third-order valence-corrected chi connectivity index (χ3v) is 4.26. The smallest absolute Gasteiger partial charge is 0.245 e. The Balaban J connectivity index is 2.24. The maximum Gasteiger partial charge on any atom is 0.245 e. The van der Waals surface area contributed by atoms with Gasteiger partial charge in [0.1, 0.15) is 6.04 Å². The van der Waals surface area contributed by atoms with Gasteiger partial charge in [-0.1, -0.05) is 25.1 Å². The highest BCUT2D eigenvalue weighted by atomic mass is 16.2. The molecule has 0 spiro atoms. The van der Waals surface area contributed by atoms with Crippen molar-refractivity contribution < 1.29 is 9.59 Å². The molecule has 2 unspecified atom stereocenters. The molecule has 0 aliphatic carbocycles. The Kier molecular flexibility index (Phi) is 4.66. The molecule has 4 heteroatoms. The topological polar surface area (TPSA) is 49.4 Å². The summed E-state index contributed by atoms with van der Waals surface area (Å²) in [4.78, 5) is 26.2. The van der Waals surface area contributed by atoms with E-state index in [-0.39, 0.29) is 17.9 Å². The minimum atomic E-state index is -0.394. The Morgan fingerprint density at radius 1 is 1.24 bits per heavy atom. The van der Waals surface area contributed by atoms with E-state index in [1.54, 1.807) is 0 Å². The first-order valence-corrected chi connectivity index (χ1v) is 7.58. The third kappa shape index (κ3) is 3.43. The van der Waals surface area contributed by atoms with E-state index in [2.05, 4.69) is 37.4 Å². The number of aryl methyl sites for hydroxylation is 2. The zero-order valence-electron chi connectivity index (χ0n) is 13.3. The monoisotopic (exact) mass is 288 g/mol. The van der Waals surface area contributed by atoms with Gasteiger partial charge in [0.15, 0.2) is 0 Å². The lowest BCUT2D eigenvalue weighted by molar-refractivity contribution is -0.135. The average Bonchev–Trinajstić information content (AvgIpc) is 2.53. The van der Waals surface area contributed by atoms with Gasteiger partial charge in [-0.3, -0.25) is 9.59 Å². The molecule has 1 N–H and O–H groups in total. The molecule has 114 valence electrons. The fourth-order valence-corrected chi connectivity index (χ4v) is 2.72. The molecule has 1 aromatic carbocycles. The van der Waals surface area contributed by atoms with Crippen molar-refractivity contribution in [3.8, 4) is 0 Å². The Hall–Kier alpha value is -1.84. The fourth-order valence-electron chi connectivity index (χ4n) is 2.72. The summed E-state index contributed by atoms with van der Waals surface area (Å²) in [5.41, 5.74) is 3.59. The number of carbonyl (C=O) groups is 2. The second-order valence-corrected chi connectivity index (χ2v) is 5.97. The van der Waals surface area contributed by atoms with Gasteiger partial charge in [0.05, 0.1) is 0 Å². The third-order valence-electron chi connectivity index (χ3n) is 4.26. The van der Waals surface area contributed by atoms with Crippen molar-refractivity contribution in [1.29, 1.82) is 0 Å². The van der Waals surface area contributed by atoms with Crippen LogP contribution in [-0.2, 0) is 16.1 Å². The van der Waals surface area contributed by atoms with Crippen molar-refractivity contribution in [2.24, 2.45) is 0 Å². The molecule has 1 aliphatic rings. The summed E-state index contributed by atoms with van der Waals surface area (Å²) in [7, 11) is 0. The summed E-state index contributed by atoms with van der Waals surface area (Å²) in [6.07, 6.45) is 0.994. The lowest BCUT2D eigenvalue weighted by Crippen LogP contribution is -2.45. The molecule has 1 saturated heterocycles. The van der Waals surface area contributed by atoms with E-state index >= 15 is 0 Å². The molecule has 0 radical (unpaired) electrons. The van der Waals surface area contributed by atoms with Crippen LogP contribution in [0.2, 0.25) is 0 Å². The van der Waals surface area contributed by atoms with Crippen LogP contribution in [0.5, 0.6) is 0 Å². The number of carbonyl (C=O) groups excluding carboxylic acids is 2. The van der Waals surface area contributed by atoms with Crippen LogP contribution in [0.1, 0.15) is 43.4 Å². The number of amides is 2. The standard InChI is InChI=1S/C17H24N2O2/c1-5-15-17(21)19(13(4)9-16(20)18-15)10-14-7-6-11(2)12(3)8-14/h6-8,13,15H,5,9-10H2,1-4H3,(H,18,20). The predicted molar refractivity (Wildman–Crippen MR) is 82.8 cm³/mol. The lowest BCUT2D eigenvalue weighted by Gasteiger charge is -2.28. The van der Waals surface area contributed by atoms with Gasteiger partial charge >= 0.3 is 0 Å². The van der Waals surface area contributed by atoms with E-state index in [0.29, 0.717) is 19.4 Å². The Morgan fingerprint density at radius 3 is 2.57 bits per heavy atom. The van der Waals surface area contributed by atoms with E-state index in [1.807, 2.05) is 18.7 Å². The number of rotatable bonds is 3. The van der Waals surface area contributed by atoms with Crippen molar-refractivity contribution in [2.75, 3.05) is 0 Å². The molecule has 1 aromatic rings. The minimum Gasteiger partial charge on any atom is -0.344 e. The fraction of sp³-hybridized carbons (Fsp3) is 0.529. The van der Waals surface area contributed by atoms with Crippen molar-refractivity contribution in [3.05, 3.63) is 34.9 Å². The number of hydrogen-bond acceptors (Lipinski definition) is 2. The van der Waals surface area contributed by atoms with Gasteiger partial charge in [0.25, 0.3) is 0 Å². The van der Waals surface area contributed by atoms with Gasteiger partial charge < -0.3 is 10.2 Å². The largest absolute Gasteiger partial charge is 0.344 e. The van der Waals surface area contributed by atoms with Gasteiger partial charge in [-0.05, 0) is 43.9 Å². The Bertz CT molecular complexity index is 554. The number of nitrogens with one attached hydrogen (secondary N) is 1. The molecular weight excluding hydrogens is 264 g/mol. The van der Waals surface area contributed by atoms with Crippen molar-refractivity contribution in [1.82, 2.24) is 10.2 Å². The van der Waals surface area contributed by atoms with E-state index in [4.69, 9.17) is 0 Å². The normalized spacial score (nSPS) is 23.0. The molecule has 2 rings (SSSR count). The summed E-state index contributed by atoms with van der Waals surface area (Å²) in [5.74, 6) is -0.0145. The second-order valence-electron chi connectivity index (χ2n) is 5.97. The molecule has 1 heterocycles. The highest BCUT2D eigenvalue weighted by Gasteiger charge is 2.32. The van der Waals surface area contributed by atoms with Crippen LogP contribution in [0.3, 0.4) is 0 Å². The molecule has 1 fully saturated rings. The zero-order valence-corrected chi connectivity index (χ0v) is 13.3. The van der Waals surface area contributed by atoms with Gasteiger partial charge in [0.2, 0.25) is 11.8 Å². The van der Waals surface area contributed by atoms with Crippen LogP contribution in [0.15, 0.2) is 18.2 Å². The van der Waals surface area contributed by atoms with Crippen LogP contribution in [0, 0.1) is 13.8 Å². The van der Waals surface area contributed by atoms with Gasteiger partial charge in [0, 0.05) is 19.0 Å². The molecule has 21 heavy (non-hydrogen) atoms. The summed E-state index contributed by atoms with van der Waals surface area (Å²) < 4.78 is 0. The van der Waals surface area contributed by atoms with Crippen LogP contribution in [-0.4, -0.2) is 28.8 Å². The molecule has 4 nitrogen and oxygen atoms in total. The molecular formula is C17H24N2O2. The van der Waals surface area contributed by atoms with Gasteiger partial charge in [-0.25, -0.2) is 0 Å². The quantitative estimate of drug-likeness (QED) is 0.928. The van der Waals surface area contributed by atoms with Gasteiger partial charge in [-0.2, -0.15) is 0 Å². The molecule has 2 atom stereocenters. The molecule has 2 amide bonds. The number of nitrogens with zero attached hydrogens (tertiary/aromatic N) is 1. The van der Waals surface area contributed by atoms with Crippen molar-refractivity contribution in [2.45, 2.75) is 59.2 Å². The van der Waals surface area contributed by atoms with Crippen LogP contribution >= 0.6 is 0 Å². The zero-order chi connectivity index (χ0) is 15.6. The Morgan fingerprint density at radius 2 is 1.95 bits per heavy atom. The average molecular weight is 288 g/mol. The first-order valence-electron chi connectivity index (χ1n) is 7.58. The maximum absolute atomic E-state index is 12.6.